The second-order valence-corrected chi connectivity index (χ2v) is 4.56. The summed E-state index contributed by atoms with van der Waals surface area (Å²) in [4.78, 5) is 0. The second kappa shape index (κ2) is 7.08. The number of aliphatic hydroxyl groups is 1. The molecule has 0 fully saturated rings. The first kappa shape index (κ1) is 14.6. The Morgan fingerprint density at radius 3 is 2.45 bits per heavy atom. The van der Waals surface area contributed by atoms with E-state index in [0.29, 0.717) is 13.2 Å². The van der Waals surface area contributed by atoms with Gasteiger partial charge in [-0.1, -0.05) is 36.4 Å². The fraction of sp³-hybridized carbons (Fsp3) is 0.294. The van der Waals surface area contributed by atoms with Gasteiger partial charge in [0.05, 0.1) is 13.7 Å². The lowest BCUT2D eigenvalue weighted by Gasteiger charge is -2.13. The zero-order chi connectivity index (χ0) is 14.4. The van der Waals surface area contributed by atoms with Gasteiger partial charge >= 0.3 is 0 Å². The molecular formula is C17H20O3. The van der Waals surface area contributed by atoms with Crippen molar-refractivity contribution >= 4 is 0 Å². The van der Waals surface area contributed by atoms with Crippen LogP contribution < -0.4 is 4.74 Å². The van der Waals surface area contributed by atoms with Crippen LogP contribution in [0.15, 0.2) is 48.5 Å². The van der Waals surface area contributed by atoms with Crippen molar-refractivity contribution in [2.75, 3.05) is 13.7 Å². The first-order chi connectivity index (χ1) is 9.74. The fourth-order valence-corrected chi connectivity index (χ4v) is 2.05. The quantitative estimate of drug-likeness (QED) is 0.876. The van der Waals surface area contributed by atoms with Gasteiger partial charge in [-0.3, -0.25) is 0 Å². The van der Waals surface area contributed by atoms with Crippen molar-refractivity contribution in [3.63, 3.8) is 0 Å². The minimum Gasteiger partial charge on any atom is -0.497 e. The molecule has 1 N–H and O–H groups in total. The number of hydrogen-bond donors (Lipinski definition) is 1. The van der Waals surface area contributed by atoms with Crippen LogP contribution in [0.5, 0.6) is 5.75 Å². The Morgan fingerprint density at radius 2 is 1.80 bits per heavy atom. The van der Waals surface area contributed by atoms with E-state index >= 15 is 0 Å². The van der Waals surface area contributed by atoms with Crippen LogP contribution in [0, 0.1) is 0 Å². The Kier molecular flexibility index (Phi) is 5.16. The van der Waals surface area contributed by atoms with E-state index in [4.69, 9.17) is 9.47 Å². The Bertz CT molecular complexity index is 534. The van der Waals surface area contributed by atoms with E-state index < -0.39 is 6.10 Å². The molecule has 1 unspecified atom stereocenters. The number of rotatable bonds is 6. The van der Waals surface area contributed by atoms with Gasteiger partial charge in [-0.15, -0.1) is 0 Å². The number of benzene rings is 2. The first-order valence-electron chi connectivity index (χ1n) is 6.73. The molecule has 0 heterocycles. The summed E-state index contributed by atoms with van der Waals surface area (Å²) in [5.74, 6) is 0.783. The van der Waals surface area contributed by atoms with Crippen LogP contribution in [0.2, 0.25) is 0 Å². The van der Waals surface area contributed by atoms with E-state index in [1.807, 2.05) is 55.5 Å². The van der Waals surface area contributed by atoms with E-state index in [1.165, 1.54) is 0 Å². The molecule has 0 aromatic heterocycles. The number of hydrogen-bond acceptors (Lipinski definition) is 3. The molecule has 20 heavy (non-hydrogen) atoms. The Hall–Kier alpha value is -1.84. The van der Waals surface area contributed by atoms with Gasteiger partial charge in [0, 0.05) is 6.61 Å². The molecule has 0 bridgehead atoms. The van der Waals surface area contributed by atoms with Crippen molar-refractivity contribution in [1.29, 1.82) is 0 Å². The third kappa shape index (κ3) is 3.59. The number of ether oxygens (including phenoxy) is 2. The van der Waals surface area contributed by atoms with Crippen LogP contribution >= 0.6 is 0 Å². The molecule has 0 aliphatic rings. The van der Waals surface area contributed by atoms with Crippen molar-refractivity contribution in [3.05, 3.63) is 65.2 Å². The number of methoxy groups -OCH3 is 1. The summed E-state index contributed by atoms with van der Waals surface area (Å²) in [7, 11) is 1.63. The molecular weight excluding hydrogens is 252 g/mol. The zero-order valence-electron chi connectivity index (χ0n) is 11.9. The maximum absolute atomic E-state index is 10.4. The molecule has 2 aromatic carbocycles. The third-order valence-electron chi connectivity index (χ3n) is 3.17. The minimum absolute atomic E-state index is 0.569. The lowest BCUT2D eigenvalue weighted by atomic mass is 10.00. The molecule has 3 heteroatoms. The van der Waals surface area contributed by atoms with Gasteiger partial charge in [0.1, 0.15) is 11.9 Å². The SMILES string of the molecule is CCOCc1cccc(C(O)c2ccc(OC)cc2)c1. The molecule has 106 valence electrons. The predicted molar refractivity (Wildman–Crippen MR) is 78.8 cm³/mol. The largest absolute Gasteiger partial charge is 0.497 e. The summed E-state index contributed by atoms with van der Waals surface area (Å²) in [6.07, 6.45) is -0.637. The molecule has 3 nitrogen and oxygen atoms in total. The predicted octanol–water partition coefficient (Wildman–Crippen LogP) is 3.31. The van der Waals surface area contributed by atoms with Gasteiger partial charge < -0.3 is 14.6 Å². The molecule has 0 saturated carbocycles. The normalized spacial score (nSPS) is 12.2. The Balaban J connectivity index is 2.16. The van der Waals surface area contributed by atoms with Crippen LogP contribution in [0.1, 0.15) is 29.7 Å². The third-order valence-corrected chi connectivity index (χ3v) is 3.17. The van der Waals surface area contributed by atoms with Crippen LogP contribution in [0.4, 0.5) is 0 Å². The van der Waals surface area contributed by atoms with Crippen LogP contribution in [-0.2, 0) is 11.3 Å². The van der Waals surface area contributed by atoms with Crippen LogP contribution in [0.25, 0.3) is 0 Å². The standard InChI is InChI=1S/C17H20O3/c1-3-20-12-13-5-4-6-15(11-13)17(18)14-7-9-16(19-2)10-8-14/h4-11,17-18H,3,12H2,1-2H3. The van der Waals surface area contributed by atoms with Gasteiger partial charge in [0.25, 0.3) is 0 Å². The highest BCUT2D eigenvalue weighted by atomic mass is 16.5. The number of aliphatic hydroxyl groups excluding tert-OH is 1. The zero-order valence-corrected chi connectivity index (χ0v) is 11.9. The van der Waals surface area contributed by atoms with Gasteiger partial charge in [-0.25, -0.2) is 0 Å². The highest BCUT2D eigenvalue weighted by Gasteiger charge is 2.11. The van der Waals surface area contributed by atoms with E-state index in [-0.39, 0.29) is 0 Å². The summed E-state index contributed by atoms with van der Waals surface area (Å²) in [5, 5.41) is 10.4. The van der Waals surface area contributed by atoms with Gasteiger partial charge in [0.15, 0.2) is 0 Å². The molecule has 0 spiro atoms. The summed E-state index contributed by atoms with van der Waals surface area (Å²) in [6, 6.07) is 15.3. The molecule has 1 atom stereocenters. The van der Waals surface area contributed by atoms with Crippen molar-refractivity contribution in [2.45, 2.75) is 19.6 Å². The average Bonchev–Trinajstić information content (AvgIpc) is 2.52. The van der Waals surface area contributed by atoms with Gasteiger partial charge in [0.2, 0.25) is 0 Å². The van der Waals surface area contributed by atoms with E-state index in [9.17, 15) is 5.11 Å². The topological polar surface area (TPSA) is 38.7 Å². The highest BCUT2D eigenvalue weighted by Crippen LogP contribution is 2.24. The van der Waals surface area contributed by atoms with Crippen molar-refractivity contribution in [3.8, 4) is 5.75 Å². The molecule has 2 aromatic rings. The summed E-state index contributed by atoms with van der Waals surface area (Å²) < 4.78 is 10.5. The van der Waals surface area contributed by atoms with Gasteiger partial charge in [-0.05, 0) is 35.7 Å². The van der Waals surface area contributed by atoms with Crippen LogP contribution in [-0.4, -0.2) is 18.8 Å². The molecule has 0 aliphatic heterocycles. The van der Waals surface area contributed by atoms with Crippen LogP contribution in [0.3, 0.4) is 0 Å². The second-order valence-electron chi connectivity index (χ2n) is 4.56. The average molecular weight is 272 g/mol. The lowest BCUT2D eigenvalue weighted by Crippen LogP contribution is -2.01. The maximum Gasteiger partial charge on any atom is 0.118 e. The molecule has 0 aliphatic carbocycles. The lowest BCUT2D eigenvalue weighted by molar-refractivity contribution is 0.134. The van der Waals surface area contributed by atoms with Crippen molar-refractivity contribution in [1.82, 2.24) is 0 Å². The summed E-state index contributed by atoms with van der Waals surface area (Å²) in [6.45, 7) is 3.22. The smallest absolute Gasteiger partial charge is 0.118 e. The molecule has 2 rings (SSSR count). The highest BCUT2D eigenvalue weighted by molar-refractivity contribution is 5.35. The van der Waals surface area contributed by atoms with Crippen molar-refractivity contribution in [2.24, 2.45) is 0 Å². The Labute approximate surface area is 119 Å². The molecule has 0 saturated heterocycles. The van der Waals surface area contributed by atoms with Gasteiger partial charge in [-0.2, -0.15) is 0 Å². The monoisotopic (exact) mass is 272 g/mol. The molecule has 0 amide bonds. The van der Waals surface area contributed by atoms with E-state index in [0.717, 1.165) is 22.4 Å². The minimum atomic E-state index is -0.637. The summed E-state index contributed by atoms with van der Waals surface area (Å²) in [5.41, 5.74) is 2.78. The first-order valence-corrected chi connectivity index (χ1v) is 6.73. The Morgan fingerprint density at radius 1 is 1.05 bits per heavy atom. The van der Waals surface area contributed by atoms with Crippen molar-refractivity contribution < 1.29 is 14.6 Å². The fourth-order valence-electron chi connectivity index (χ4n) is 2.05. The maximum atomic E-state index is 10.4. The molecule has 0 radical (unpaired) electrons. The van der Waals surface area contributed by atoms with E-state index in [1.54, 1.807) is 7.11 Å². The summed E-state index contributed by atoms with van der Waals surface area (Å²) >= 11 is 0. The van der Waals surface area contributed by atoms with E-state index in [2.05, 4.69) is 0 Å².